The number of guanidine groups is 1. The minimum atomic E-state index is -0.583. The summed E-state index contributed by atoms with van der Waals surface area (Å²) in [6, 6.07) is 0. The Labute approximate surface area is 43.9 Å². The largest absolute Gasteiger partial charge is 0.454 e. The van der Waals surface area contributed by atoms with Crippen molar-refractivity contribution in [2.75, 3.05) is 0 Å². The van der Waals surface area contributed by atoms with Crippen molar-refractivity contribution in [2.24, 2.45) is 5.73 Å². The van der Waals surface area contributed by atoms with Gasteiger partial charge in [-0.3, -0.25) is 0 Å². The van der Waals surface area contributed by atoms with Crippen LogP contribution >= 0.6 is 0 Å². The predicted octanol–water partition coefficient (Wildman–Crippen LogP) is -0.0704. The van der Waals surface area contributed by atoms with Crippen LogP contribution in [0.3, 0.4) is 0 Å². The molecule has 0 spiro atoms. The van der Waals surface area contributed by atoms with Crippen LogP contribution in [0.25, 0.3) is 5.73 Å². The summed E-state index contributed by atoms with van der Waals surface area (Å²) < 4.78 is 0. The molecule has 0 bridgehead atoms. The van der Waals surface area contributed by atoms with Gasteiger partial charge in [0.05, 0.1) is 0 Å². The molecule has 0 fully saturated rings. The van der Waals surface area contributed by atoms with Crippen molar-refractivity contribution in [3.05, 3.63) is 5.73 Å². The first kappa shape index (κ1) is 8.87. The second-order valence-electron chi connectivity index (χ2n) is 0.414. The van der Waals surface area contributed by atoms with Crippen LogP contribution in [-0.2, 0) is 20.4 Å². The second kappa shape index (κ2) is 3.93. The van der Waals surface area contributed by atoms with E-state index in [9.17, 15) is 0 Å². The molecule has 0 aromatic carbocycles. The van der Waals surface area contributed by atoms with Gasteiger partial charge in [0.25, 0.3) is 0 Å². The molecule has 0 rings (SSSR count). The standard InChI is InChI=1S/CH4N3.Pd/c2-1(3)4;/h(H4-,2,3,4);/q-1;. The van der Waals surface area contributed by atoms with Crippen molar-refractivity contribution in [3.8, 4) is 0 Å². The minimum absolute atomic E-state index is 0. The number of rotatable bonds is 0. The fourth-order valence-electron chi connectivity index (χ4n) is 0. The zero-order valence-electron chi connectivity index (χ0n) is 2.39. The van der Waals surface area contributed by atoms with Gasteiger partial charge in [0, 0.05) is 20.4 Å². The van der Waals surface area contributed by atoms with E-state index in [2.05, 4.69) is 5.73 Å². The first-order valence-corrected chi connectivity index (χ1v) is 0.789. The van der Waals surface area contributed by atoms with Gasteiger partial charge >= 0.3 is 0 Å². The molecule has 0 saturated heterocycles. The Kier molecular flexibility index (Phi) is 6.98. The van der Waals surface area contributed by atoms with Crippen molar-refractivity contribution < 1.29 is 20.4 Å². The van der Waals surface area contributed by atoms with Crippen LogP contribution < -0.4 is 5.73 Å². The van der Waals surface area contributed by atoms with E-state index in [0.29, 0.717) is 0 Å². The average molecular weight is 164 g/mol. The summed E-state index contributed by atoms with van der Waals surface area (Å²) >= 11 is 0. The molecule has 34 valence electrons. The van der Waals surface area contributed by atoms with Gasteiger partial charge in [-0.25, -0.2) is 0 Å². The Hall–Kier alpha value is -0.0677. The molecule has 3 nitrogen and oxygen atoms in total. The zero-order valence-corrected chi connectivity index (χ0v) is 3.95. The van der Waals surface area contributed by atoms with Crippen molar-refractivity contribution in [3.63, 3.8) is 0 Å². The van der Waals surface area contributed by atoms with E-state index in [4.69, 9.17) is 11.1 Å². The maximum atomic E-state index is 5.94. The molecule has 0 heterocycles. The Morgan fingerprint density at radius 3 is 1.80 bits per heavy atom. The molecule has 0 aromatic heterocycles. The molecule has 0 unspecified atom stereocenters. The van der Waals surface area contributed by atoms with E-state index < -0.39 is 5.96 Å². The summed E-state index contributed by atoms with van der Waals surface area (Å²) in [7, 11) is 0. The van der Waals surface area contributed by atoms with Gasteiger partial charge in [-0.05, 0) is 5.96 Å². The molecule has 0 aromatic rings. The van der Waals surface area contributed by atoms with Gasteiger partial charge in [0.1, 0.15) is 0 Å². The van der Waals surface area contributed by atoms with E-state index in [-0.39, 0.29) is 20.4 Å². The van der Waals surface area contributed by atoms with Crippen molar-refractivity contribution in [1.29, 1.82) is 5.41 Å². The molecular formula is CH4N3Pd-. The smallest absolute Gasteiger partial charge is 0 e. The first-order valence-electron chi connectivity index (χ1n) is 0.789. The number of nitrogens with one attached hydrogen (secondary N) is 2. The molecule has 0 atom stereocenters. The van der Waals surface area contributed by atoms with E-state index >= 15 is 0 Å². The van der Waals surface area contributed by atoms with E-state index in [1.807, 2.05) is 0 Å². The molecule has 0 aliphatic carbocycles. The normalized spacial score (nSPS) is 4.80. The maximum Gasteiger partial charge on any atom is 0 e. The monoisotopic (exact) mass is 164 g/mol. The van der Waals surface area contributed by atoms with Crippen LogP contribution in [0.4, 0.5) is 0 Å². The molecule has 0 aliphatic rings. The van der Waals surface area contributed by atoms with Crippen LogP contribution in [0.2, 0.25) is 0 Å². The molecule has 4 heteroatoms. The van der Waals surface area contributed by atoms with Gasteiger partial charge in [-0.1, -0.05) is 0 Å². The molecule has 0 radical (unpaired) electrons. The number of hydrogen-bond donors (Lipinski definition) is 2. The van der Waals surface area contributed by atoms with E-state index in [0.717, 1.165) is 0 Å². The van der Waals surface area contributed by atoms with Crippen molar-refractivity contribution in [1.82, 2.24) is 0 Å². The van der Waals surface area contributed by atoms with E-state index in [1.165, 1.54) is 0 Å². The fourth-order valence-corrected chi connectivity index (χ4v) is 0. The SMILES string of the molecule is N=C([NH-])N.[Pd]. The van der Waals surface area contributed by atoms with Crippen LogP contribution in [0.15, 0.2) is 0 Å². The zero-order chi connectivity index (χ0) is 3.58. The van der Waals surface area contributed by atoms with E-state index in [1.54, 1.807) is 0 Å². The minimum Gasteiger partial charge on any atom is -0.454 e. The third-order valence-corrected chi connectivity index (χ3v) is 0. The number of hydrogen-bond acceptors (Lipinski definition) is 1. The van der Waals surface area contributed by atoms with Crippen LogP contribution in [0.5, 0.6) is 0 Å². The van der Waals surface area contributed by atoms with Gasteiger partial charge < -0.3 is 16.9 Å². The molecule has 5 heavy (non-hydrogen) atoms. The summed E-state index contributed by atoms with van der Waals surface area (Å²) in [5.74, 6) is -0.583. The van der Waals surface area contributed by atoms with Crippen LogP contribution in [0.1, 0.15) is 0 Å². The predicted molar refractivity (Wildman–Crippen MR) is 16.2 cm³/mol. The van der Waals surface area contributed by atoms with Gasteiger partial charge in [0.2, 0.25) is 0 Å². The van der Waals surface area contributed by atoms with Crippen LogP contribution in [0, 0.1) is 5.41 Å². The van der Waals surface area contributed by atoms with Crippen LogP contribution in [-0.4, -0.2) is 5.96 Å². The molecule has 4 N–H and O–H groups in total. The maximum absolute atomic E-state index is 5.94. The average Bonchev–Trinajstić information content (AvgIpc) is 0.811. The molecule has 0 aliphatic heterocycles. The first-order chi connectivity index (χ1) is 1.73. The molecule has 0 amide bonds. The topological polar surface area (TPSA) is 73.7 Å². The summed E-state index contributed by atoms with van der Waals surface area (Å²) in [5, 5.41) is 5.94. The Balaban J connectivity index is 0. The third-order valence-electron chi connectivity index (χ3n) is 0. The third kappa shape index (κ3) is 3210. The van der Waals surface area contributed by atoms with Gasteiger partial charge in [0.15, 0.2) is 0 Å². The number of nitrogens with two attached hydrogens (primary N) is 1. The summed E-state index contributed by atoms with van der Waals surface area (Å²) in [5.41, 5.74) is 10.3. The van der Waals surface area contributed by atoms with Gasteiger partial charge in [-0.2, -0.15) is 0 Å². The Morgan fingerprint density at radius 2 is 1.80 bits per heavy atom. The van der Waals surface area contributed by atoms with Crippen molar-refractivity contribution >= 4 is 5.96 Å². The molecular weight excluding hydrogens is 160 g/mol. The second-order valence-corrected chi connectivity index (χ2v) is 0.414. The summed E-state index contributed by atoms with van der Waals surface area (Å²) in [6.07, 6.45) is 0. The van der Waals surface area contributed by atoms with Gasteiger partial charge in [-0.15, -0.1) is 0 Å². The quantitative estimate of drug-likeness (QED) is 0.294. The summed E-state index contributed by atoms with van der Waals surface area (Å²) in [4.78, 5) is 0. The Bertz CT molecular complexity index is 29.9. The Morgan fingerprint density at radius 1 is 1.80 bits per heavy atom. The fraction of sp³-hybridized carbons (Fsp3) is 0. The summed E-state index contributed by atoms with van der Waals surface area (Å²) in [6.45, 7) is 0. The van der Waals surface area contributed by atoms with Crippen molar-refractivity contribution in [2.45, 2.75) is 0 Å². The molecule has 0 saturated carbocycles.